The van der Waals surface area contributed by atoms with Crippen LogP contribution in [0.5, 0.6) is 5.75 Å². The number of halogens is 1. The normalized spacial score (nSPS) is 23.2. The monoisotopic (exact) mass is 356 g/mol. The Balaban J connectivity index is 1.80. The number of nitrogens with zero attached hydrogens (tertiary/aromatic N) is 2. The molecule has 5 heteroatoms. The van der Waals surface area contributed by atoms with Crippen molar-refractivity contribution in [1.82, 2.24) is 4.90 Å². The van der Waals surface area contributed by atoms with Gasteiger partial charge in [0.25, 0.3) is 0 Å². The summed E-state index contributed by atoms with van der Waals surface area (Å²) in [5.41, 5.74) is 3.15. The van der Waals surface area contributed by atoms with Crippen LogP contribution in [0.4, 0.5) is 5.69 Å². The molecule has 0 radical (unpaired) electrons. The highest BCUT2D eigenvalue weighted by atomic mass is 35.5. The summed E-state index contributed by atoms with van der Waals surface area (Å²) in [5.74, 6) is 0.773. The molecule has 0 N–H and O–H groups in total. The summed E-state index contributed by atoms with van der Waals surface area (Å²) in [7, 11) is 1.59. The molecule has 0 saturated carbocycles. The van der Waals surface area contributed by atoms with E-state index in [1.807, 2.05) is 23.1 Å². The van der Waals surface area contributed by atoms with E-state index in [9.17, 15) is 4.79 Å². The van der Waals surface area contributed by atoms with Crippen molar-refractivity contribution in [2.75, 3.05) is 18.6 Å². The first-order chi connectivity index (χ1) is 12.1. The fourth-order valence-electron chi connectivity index (χ4n) is 4.02. The molecule has 2 saturated heterocycles. The third-order valence-electron chi connectivity index (χ3n) is 5.13. The molecule has 2 fully saturated rings. The molecule has 4 nitrogen and oxygen atoms in total. The third kappa shape index (κ3) is 2.70. The number of carbonyl (C=O) groups is 1. The maximum Gasteiger partial charge on any atom is 0.246 e. The summed E-state index contributed by atoms with van der Waals surface area (Å²) in [5, 5.41) is 0.517. The Bertz CT molecular complexity index is 823. The molecule has 130 valence electrons. The molecule has 4 rings (SSSR count). The Kier molecular flexibility index (Phi) is 4.18. The van der Waals surface area contributed by atoms with Crippen molar-refractivity contribution in [2.45, 2.75) is 32.0 Å². The Hall–Kier alpha value is -2.04. The maximum atomic E-state index is 13.1. The molecule has 2 aromatic carbocycles. The van der Waals surface area contributed by atoms with Crippen LogP contribution < -0.4 is 9.64 Å². The van der Waals surface area contributed by atoms with Crippen molar-refractivity contribution in [3.63, 3.8) is 0 Å². The second kappa shape index (κ2) is 6.36. The van der Waals surface area contributed by atoms with Gasteiger partial charge in [-0.3, -0.25) is 14.6 Å². The summed E-state index contributed by atoms with van der Waals surface area (Å²) in [6, 6.07) is 13.9. The molecule has 2 aliphatic rings. The molecule has 2 atom stereocenters. The first-order valence-electron chi connectivity index (χ1n) is 8.59. The molecule has 2 aliphatic heterocycles. The topological polar surface area (TPSA) is 32.8 Å². The van der Waals surface area contributed by atoms with Gasteiger partial charge < -0.3 is 4.74 Å². The number of ether oxygens (including phenoxy) is 1. The van der Waals surface area contributed by atoms with Crippen LogP contribution in [-0.2, 0) is 4.79 Å². The molecular weight excluding hydrogens is 336 g/mol. The minimum atomic E-state index is -0.0793. The van der Waals surface area contributed by atoms with Gasteiger partial charge in [0.1, 0.15) is 11.9 Å². The number of benzene rings is 2. The predicted octanol–water partition coefficient (Wildman–Crippen LogP) is 4.17. The summed E-state index contributed by atoms with van der Waals surface area (Å²) >= 11 is 6.32. The van der Waals surface area contributed by atoms with Crippen LogP contribution >= 0.6 is 11.6 Å². The highest BCUT2D eigenvalue weighted by Crippen LogP contribution is 2.43. The highest BCUT2D eigenvalue weighted by molar-refractivity contribution is 6.32. The summed E-state index contributed by atoms with van der Waals surface area (Å²) in [6.45, 7) is 3.02. The van der Waals surface area contributed by atoms with E-state index in [2.05, 4.69) is 36.1 Å². The van der Waals surface area contributed by atoms with E-state index in [1.54, 1.807) is 7.11 Å². The Morgan fingerprint density at radius 2 is 2.04 bits per heavy atom. The van der Waals surface area contributed by atoms with Crippen molar-refractivity contribution in [3.05, 3.63) is 58.6 Å². The fourth-order valence-corrected chi connectivity index (χ4v) is 4.27. The van der Waals surface area contributed by atoms with Crippen LogP contribution in [0, 0.1) is 6.92 Å². The Labute approximate surface area is 152 Å². The van der Waals surface area contributed by atoms with Gasteiger partial charge in [0, 0.05) is 12.2 Å². The van der Waals surface area contributed by atoms with Gasteiger partial charge in [-0.15, -0.1) is 0 Å². The van der Waals surface area contributed by atoms with Crippen molar-refractivity contribution in [2.24, 2.45) is 0 Å². The number of methoxy groups -OCH3 is 1. The lowest BCUT2D eigenvalue weighted by atomic mass is 10.1. The van der Waals surface area contributed by atoms with E-state index in [0.717, 1.165) is 30.6 Å². The molecule has 25 heavy (non-hydrogen) atoms. The van der Waals surface area contributed by atoms with E-state index in [0.29, 0.717) is 10.8 Å². The SMILES string of the molecule is COc1ccc(N2C(=O)[C@@H]3CCCN3[C@H]2c2cccc(C)c2)cc1Cl. The standard InChI is InChI=1S/C20H21ClN2O2/c1-13-5-3-6-14(11-13)19-22-10-4-7-17(22)20(24)23(19)15-8-9-18(25-2)16(21)12-15/h3,5-6,8-9,11-12,17,19H,4,7,10H2,1-2H3/t17-,19+/m0/s1. The molecule has 2 heterocycles. The Morgan fingerprint density at radius 3 is 2.76 bits per heavy atom. The van der Waals surface area contributed by atoms with Crippen LogP contribution in [-0.4, -0.2) is 30.5 Å². The van der Waals surface area contributed by atoms with Crippen molar-refractivity contribution >= 4 is 23.2 Å². The summed E-state index contributed by atoms with van der Waals surface area (Å²) in [6.07, 6.45) is 1.90. The second-order valence-electron chi connectivity index (χ2n) is 6.71. The number of rotatable bonds is 3. The fraction of sp³-hybridized carbons (Fsp3) is 0.350. The number of hydrogen-bond acceptors (Lipinski definition) is 3. The van der Waals surface area contributed by atoms with Crippen molar-refractivity contribution in [3.8, 4) is 5.75 Å². The Morgan fingerprint density at radius 1 is 1.20 bits per heavy atom. The van der Waals surface area contributed by atoms with Gasteiger partial charge in [-0.05, 0) is 43.5 Å². The smallest absolute Gasteiger partial charge is 0.246 e. The summed E-state index contributed by atoms with van der Waals surface area (Å²) < 4.78 is 5.25. The van der Waals surface area contributed by atoms with E-state index in [-0.39, 0.29) is 18.1 Å². The van der Waals surface area contributed by atoms with E-state index in [4.69, 9.17) is 16.3 Å². The van der Waals surface area contributed by atoms with Gasteiger partial charge >= 0.3 is 0 Å². The minimum absolute atomic E-state index is 0.0358. The van der Waals surface area contributed by atoms with Crippen LogP contribution in [0.2, 0.25) is 5.02 Å². The van der Waals surface area contributed by atoms with Gasteiger partial charge in [-0.1, -0.05) is 41.4 Å². The van der Waals surface area contributed by atoms with Gasteiger partial charge in [0.15, 0.2) is 0 Å². The number of anilines is 1. The van der Waals surface area contributed by atoms with Crippen LogP contribution in [0.3, 0.4) is 0 Å². The molecule has 2 aromatic rings. The predicted molar refractivity (Wildman–Crippen MR) is 99.1 cm³/mol. The number of carbonyl (C=O) groups excluding carboxylic acids is 1. The van der Waals surface area contributed by atoms with E-state index >= 15 is 0 Å². The zero-order chi connectivity index (χ0) is 17.6. The van der Waals surface area contributed by atoms with Crippen LogP contribution in [0.15, 0.2) is 42.5 Å². The van der Waals surface area contributed by atoms with Crippen molar-refractivity contribution in [1.29, 1.82) is 0 Å². The first kappa shape index (κ1) is 16.4. The maximum absolute atomic E-state index is 13.1. The lowest BCUT2D eigenvalue weighted by Gasteiger charge is -2.30. The molecule has 1 amide bonds. The third-order valence-corrected chi connectivity index (χ3v) is 5.42. The molecule has 0 spiro atoms. The number of aryl methyl sites for hydroxylation is 1. The quantitative estimate of drug-likeness (QED) is 0.827. The van der Waals surface area contributed by atoms with Crippen molar-refractivity contribution < 1.29 is 9.53 Å². The van der Waals surface area contributed by atoms with Gasteiger partial charge in [-0.2, -0.15) is 0 Å². The van der Waals surface area contributed by atoms with Crippen LogP contribution in [0.25, 0.3) is 0 Å². The highest BCUT2D eigenvalue weighted by Gasteiger charge is 2.49. The minimum Gasteiger partial charge on any atom is -0.495 e. The zero-order valence-electron chi connectivity index (χ0n) is 14.4. The molecular formula is C20H21ClN2O2. The van der Waals surface area contributed by atoms with Gasteiger partial charge in [-0.25, -0.2) is 0 Å². The van der Waals surface area contributed by atoms with Gasteiger partial charge in [0.2, 0.25) is 5.91 Å². The lowest BCUT2D eigenvalue weighted by Crippen LogP contribution is -2.32. The lowest BCUT2D eigenvalue weighted by molar-refractivity contribution is -0.119. The number of amides is 1. The molecule has 0 unspecified atom stereocenters. The van der Waals surface area contributed by atoms with Crippen LogP contribution in [0.1, 0.15) is 30.1 Å². The first-order valence-corrected chi connectivity index (χ1v) is 8.97. The second-order valence-corrected chi connectivity index (χ2v) is 7.12. The summed E-state index contributed by atoms with van der Waals surface area (Å²) in [4.78, 5) is 17.3. The van der Waals surface area contributed by atoms with Gasteiger partial charge in [0.05, 0.1) is 18.2 Å². The number of hydrogen-bond donors (Lipinski definition) is 0. The van der Waals surface area contributed by atoms with E-state index < -0.39 is 0 Å². The molecule has 0 aliphatic carbocycles. The number of fused-ring (bicyclic) bond motifs is 1. The molecule has 0 aromatic heterocycles. The van der Waals surface area contributed by atoms with E-state index in [1.165, 1.54) is 5.56 Å². The largest absolute Gasteiger partial charge is 0.495 e. The zero-order valence-corrected chi connectivity index (χ0v) is 15.2. The average molecular weight is 357 g/mol. The molecule has 0 bridgehead atoms. The average Bonchev–Trinajstić information content (AvgIpc) is 3.17.